The van der Waals surface area contributed by atoms with Crippen LogP contribution in [0, 0.1) is 0 Å². The first-order chi connectivity index (χ1) is 1.41. The van der Waals surface area contributed by atoms with E-state index in [1.165, 1.54) is 0 Å². The maximum Gasteiger partial charge on any atom is 1.00 e. The molecule has 0 fully saturated rings. The van der Waals surface area contributed by atoms with Gasteiger partial charge in [0, 0.05) is 0 Å². The van der Waals surface area contributed by atoms with Crippen LogP contribution in [0.15, 0.2) is 0 Å². The van der Waals surface area contributed by atoms with Crippen LogP contribution in [0.2, 0.25) is 0 Å². The third-order valence-corrected chi connectivity index (χ3v) is 0. The Balaban J connectivity index is 0. The van der Waals surface area contributed by atoms with E-state index in [-0.39, 0.29) is 51.4 Å². The van der Waals surface area contributed by atoms with Gasteiger partial charge in [0.15, 0.2) is 0 Å². The van der Waals surface area contributed by atoms with E-state index < -0.39 is 0 Å². The fourth-order valence-electron chi connectivity index (χ4n) is 0. The molecule has 0 bridgehead atoms. The predicted octanol–water partition coefficient (Wildman–Crippen LogP) is -2.14. The largest absolute Gasteiger partial charge is 1.00 e. The first-order valence-corrected chi connectivity index (χ1v) is 3.14. The van der Waals surface area contributed by atoms with E-state index in [0.717, 1.165) is 9.50 Å². The van der Waals surface area contributed by atoms with Crippen molar-refractivity contribution in [3.8, 4) is 0 Å². The summed E-state index contributed by atoms with van der Waals surface area (Å²) in [4.78, 5) is 0. The minimum Gasteiger partial charge on any atom is -0.642 e. The van der Waals surface area contributed by atoms with Crippen LogP contribution in [0.5, 0.6) is 0 Å². The third-order valence-electron chi connectivity index (χ3n) is 0. The van der Waals surface area contributed by atoms with Crippen molar-refractivity contribution in [2.45, 2.75) is 0 Å². The van der Waals surface area contributed by atoms with E-state index in [2.05, 4.69) is 19.2 Å². The molecule has 0 spiro atoms. The first kappa shape index (κ1) is 9.62. The molecule has 0 aromatic carbocycles. The maximum atomic E-state index is 4.17. The average molecular weight is 134 g/mol. The van der Waals surface area contributed by atoms with Crippen LogP contribution in [0.3, 0.4) is 0 Å². The van der Waals surface area contributed by atoms with E-state index in [1.807, 2.05) is 0 Å². The molecule has 0 saturated heterocycles. The Kier molecular flexibility index (Phi) is 21.7. The van der Waals surface area contributed by atoms with Gasteiger partial charge in [-0.2, -0.15) is 0 Å². The number of hydrogen-bond donors (Lipinski definition) is 0. The van der Waals surface area contributed by atoms with Gasteiger partial charge < -0.3 is 17.5 Å². The molecule has 0 aliphatic heterocycles. The van der Waals surface area contributed by atoms with Gasteiger partial charge >= 0.3 is 51.4 Å². The number of hydrogen-bond acceptors (Lipinski definition) is 1. The molecule has 0 amide bonds. The van der Waals surface area contributed by atoms with Crippen molar-refractivity contribution in [1.82, 2.24) is 0 Å². The van der Waals surface area contributed by atoms with Gasteiger partial charge in [-0.25, -0.2) is 0 Å². The zero-order valence-electron chi connectivity index (χ0n) is 2.26. The van der Waals surface area contributed by atoms with Gasteiger partial charge in [0.05, 0.1) is 0 Å². The molecule has 0 unspecified atom stereocenters. The maximum absolute atomic E-state index is 4.17. The van der Waals surface area contributed by atoms with Crippen LogP contribution in [0.4, 0.5) is 0 Å². The summed E-state index contributed by atoms with van der Waals surface area (Å²) in [5.41, 5.74) is 0. The average Bonchev–Trinajstić information content (AvgIpc) is 0.918. The SMILES string of the molecule is [K+].[P-]=S=S. The molecule has 0 aromatic rings. The summed E-state index contributed by atoms with van der Waals surface area (Å²) in [6, 6.07) is 0. The van der Waals surface area contributed by atoms with E-state index in [9.17, 15) is 0 Å². The molecular formula is KPS2. The second-order valence-corrected chi connectivity index (χ2v) is 2.01. The molecule has 0 nitrogen and oxygen atoms in total. The molecule has 4 heavy (non-hydrogen) atoms. The Labute approximate surface area is 78.2 Å². The Morgan fingerprint density at radius 2 is 1.75 bits per heavy atom. The van der Waals surface area contributed by atoms with Gasteiger partial charge in [-0.3, -0.25) is 0 Å². The summed E-state index contributed by atoms with van der Waals surface area (Å²) in [7, 11) is 4.55. The van der Waals surface area contributed by atoms with Gasteiger partial charge in [-0.15, -0.1) is 0 Å². The summed E-state index contributed by atoms with van der Waals surface area (Å²) in [6.45, 7) is 0. The minimum atomic E-state index is 0. The fourth-order valence-corrected chi connectivity index (χ4v) is 0. The van der Waals surface area contributed by atoms with Crippen molar-refractivity contribution in [1.29, 1.82) is 0 Å². The van der Waals surface area contributed by atoms with Crippen LogP contribution in [-0.4, -0.2) is 0 Å². The topological polar surface area (TPSA) is 0 Å². The monoisotopic (exact) mass is 134 g/mol. The molecule has 0 aliphatic carbocycles. The van der Waals surface area contributed by atoms with Crippen LogP contribution in [-0.2, 0) is 20.7 Å². The van der Waals surface area contributed by atoms with E-state index in [0.29, 0.717) is 0 Å². The summed E-state index contributed by atoms with van der Waals surface area (Å²) in [5, 5.41) is 0. The normalized spacial score (nSPS) is 3.00. The fraction of sp³-hybridized carbons (Fsp3) is 0. The summed E-state index contributed by atoms with van der Waals surface area (Å²) in [5.74, 6) is 0. The van der Waals surface area contributed by atoms with Crippen molar-refractivity contribution < 1.29 is 51.4 Å². The van der Waals surface area contributed by atoms with Crippen LogP contribution < -0.4 is 51.4 Å². The van der Waals surface area contributed by atoms with E-state index >= 15 is 0 Å². The molecule has 0 aromatic heterocycles. The molecular weight excluding hydrogens is 134 g/mol. The Bertz CT molecular complexity index is 27.0. The molecule has 18 valence electrons. The third kappa shape index (κ3) is 8.83. The molecule has 0 aliphatic rings. The zero-order chi connectivity index (χ0) is 2.71. The summed E-state index contributed by atoms with van der Waals surface area (Å²) in [6.07, 6.45) is 0. The van der Waals surface area contributed by atoms with Gasteiger partial charge in [0.2, 0.25) is 0 Å². The van der Waals surface area contributed by atoms with Gasteiger partial charge in [0.25, 0.3) is 0 Å². The van der Waals surface area contributed by atoms with Gasteiger partial charge in [-0.05, 0) is 0 Å². The van der Waals surface area contributed by atoms with Crippen molar-refractivity contribution in [3.63, 3.8) is 0 Å². The van der Waals surface area contributed by atoms with Gasteiger partial charge in [-0.1, -0.05) is 11.2 Å². The van der Waals surface area contributed by atoms with Crippen LogP contribution in [0.1, 0.15) is 0 Å². The standard InChI is InChI=1S/K.PS2/c;1-3-2/q+1;-1. The van der Waals surface area contributed by atoms with Crippen molar-refractivity contribution in [3.05, 3.63) is 0 Å². The Morgan fingerprint density at radius 1 is 1.75 bits per heavy atom. The van der Waals surface area contributed by atoms with Crippen LogP contribution in [0.25, 0.3) is 0 Å². The molecule has 0 rings (SSSR count). The molecule has 0 saturated carbocycles. The molecule has 0 N–H and O–H groups in total. The van der Waals surface area contributed by atoms with E-state index in [1.54, 1.807) is 0 Å². The quantitative estimate of drug-likeness (QED) is 0.269. The second-order valence-electron chi connectivity index (χ2n) is 0.0745. The second kappa shape index (κ2) is 9.03. The van der Waals surface area contributed by atoms with Gasteiger partial charge in [0.1, 0.15) is 0 Å². The number of rotatable bonds is 0. The molecule has 4 heteroatoms. The zero-order valence-corrected chi connectivity index (χ0v) is 7.91. The van der Waals surface area contributed by atoms with Crippen LogP contribution >= 0.6 is 8.02 Å². The van der Waals surface area contributed by atoms with E-state index in [4.69, 9.17) is 0 Å². The summed E-state index contributed by atoms with van der Waals surface area (Å²) < 4.78 is 0. The first-order valence-electron chi connectivity index (χ1n) is 0.349. The minimum absolute atomic E-state index is 0. The summed E-state index contributed by atoms with van der Waals surface area (Å²) >= 11 is 4.17. The molecule has 0 atom stereocenters. The van der Waals surface area contributed by atoms with Crippen molar-refractivity contribution in [2.75, 3.05) is 0 Å². The predicted molar refractivity (Wildman–Crippen MR) is 21.6 cm³/mol. The molecule has 0 radical (unpaired) electrons. The van der Waals surface area contributed by atoms with Crippen molar-refractivity contribution in [2.24, 2.45) is 0 Å². The van der Waals surface area contributed by atoms with Crippen molar-refractivity contribution >= 4 is 28.7 Å². The Hall–Kier alpha value is 2.38. The smallest absolute Gasteiger partial charge is 0.642 e. The Morgan fingerprint density at radius 3 is 1.75 bits per heavy atom. The molecule has 0 heterocycles.